The van der Waals surface area contributed by atoms with Crippen molar-refractivity contribution in [2.24, 2.45) is 0 Å². The quantitative estimate of drug-likeness (QED) is 0.478. The molecule has 0 spiro atoms. The van der Waals surface area contributed by atoms with Gasteiger partial charge in [0.15, 0.2) is 0 Å². The first-order valence-electron chi connectivity index (χ1n) is 7.37. The molecule has 0 bridgehead atoms. The molecule has 0 aliphatic rings. The van der Waals surface area contributed by atoms with E-state index in [0.717, 1.165) is 19.3 Å². The van der Waals surface area contributed by atoms with E-state index >= 15 is 0 Å². The van der Waals surface area contributed by atoms with Gasteiger partial charge in [-0.25, -0.2) is 0 Å². The third-order valence-corrected chi connectivity index (χ3v) is 8.60. The van der Waals surface area contributed by atoms with Crippen LogP contribution in [0.25, 0.3) is 0 Å². The van der Waals surface area contributed by atoms with E-state index in [1.807, 2.05) is 20.8 Å². The molecule has 20 heavy (non-hydrogen) atoms. The molecule has 3 nitrogen and oxygen atoms in total. The van der Waals surface area contributed by atoms with Crippen LogP contribution in [0.5, 0.6) is 0 Å². The number of alkyl halides is 3. The molecular weight excluding hydrogens is 334 g/mol. The van der Waals surface area contributed by atoms with E-state index in [9.17, 15) is 13.2 Å². The fourth-order valence-corrected chi connectivity index (χ4v) is 7.57. The summed E-state index contributed by atoms with van der Waals surface area (Å²) in [6.07, 6.45) is -2.51. The molecule has 0 rings (SSSR count). The first kappa shape index (κ1) is 20.2. The van der Waals surface area contributed by atoms with Crippen molar-refractivity contribution in [3.8, 4) is 0 Å². The third kappa shape index (κ3) is 10.0. The number of halogens is 3. The van der Waals surface area contributed by atoms with Gasteiger partial charge in [0, 0.05) is 0 Å². The summed E-state index contributed by atoms with van der Waals surface area (Å²) in [6, 6.07) is 0. The van der Waals surface area contributed by atoms with E-state index in [-0.39, 0.29) is 11.7 Å². The molecular formula is C13H27F3GeO3. The number of hydrogen-bond donors (Lipinski definition) is 0. The summed E-state index contributed by atoms with van der Waals surface area (Å²) in [5, 5.41) is 0.277. The monoisotopic (exact) mass is 362 g/mol. The van der Waals surface area contributed by atoms with Crippen LogP contribution >= 0.6 is 0 Å². The molecule has 0 aromatic heterocycles. The summed E-state index contributed by atoms with van der Waals surface area (Å²) in [6.45, 7) is 7.34. The summed E-state index contributed by atoms with van der Waals surface area (Å²) in [7, 11) is 0. The fraction of sp³-hybridized carbons (Fsp3) is 1.00. The predicted molar refractivity (Wildman–Crippen MR) is 74.6 cm³/mol. The van der Waals surface area contributed by atoms with E-state index < -0.39 is 26.9 Å². The van der Waals surface area contributed by atoms with Crippen molar-refractivity contribution < 1.29 is 24.5 Å². The van der Waals surface area contributed by atoms with Crippen LogP contribution in [-0.2, 0) is 11.3 Å². The van der Waals surface area contributed by atoms with Gasteiger partial charge in [-0.2, -0.15) is 0 Å². The van der Waals surface area contributed by atoms with Crippen molar-refractivity contribution in [1.29, 1.82) is 0 Å². The van der Waals surface area contributed by atoms with Crippen molar-refractivity contribution in [2.45, 2.75) is 64.3 Å². The van der Waals surface area contributed by atoms with Crippen LogP contribution in [0.2, 0.25) is 5.25 Å². The van der Waals surface area contributed by atoms with E-state index in [2.05, 4.69) is 0 Å². The minimum atomic E-state index is -4.13. The molecule has 0 fully saturated rings. The Labute approximate surface area is 123 Å². The second-order valence-electron chi connectivity index (χ2n) is 4.70. The Bertz CT molecular complexity index is 216. The van der Waals surface area contributed by atoms with E-state index in [1.165, 1.54) is 0 Å². The second-order valence-corrected chi connectivity index (χ2v) is 10.4. The minimum absolute atomic E-state index is 0.0145. The van der Waals surface area contributed by atoms with Gasteiger partial charge < -0.3 is 0 Å². The standard InChI is InChI=1S/C13H27F3GeO3/c1-4-10-18-17(19-11-5-2,20-12-6-3)9-7-8-13(14,15)16/h4-12H2,1-3H3. The normalized spacial score (nSPS) is 12.9. The Morgan fingerprint density at radius 2 is 1.20 bits per heavy atom. The van der Waals surface area contributed by atoms with Crippen molar-refractivity contribution in [1.82, 2.24) is 0 Å². The Kier molecular flexibility index (Phi) is 11.0. The Morgan fingerprint density at radius 3 is 1.50 bits per heavy atom. The zero-order valence-corrected chi connectivity index (χ0v) is 14.8. The van der Waals surface area contributed by atoms with Crippen molar-refractivity contribution in [3.05, 3.63) is 0 Å². The zero-order chi connectivity index (χ0) is 15.5. The first-order chi connectivity index (χ1) is 9.39. The van der Waals surface area contributed by atoms with Crippen LogP contribution < -0.4 is 0 Å². The zero-order valence-electron chi connectivity index (χ0n) is 12.7. The summed E-state index contributed by atoms with van der Waals surface area (Å²) in [5.74, 6) is 0. The molecule has 0 saturated carbocycles. The molecule has 0 saturated heterocycles. The van der Waals surface area contributed by atoms with Gasteiger partial charge in [0.05, 0.1) is 0 Å². The molecule has 0 aliphatic carbocycles. The van der Waals surface area contributed by atoms with Gasteiger partial charge in [-0.1, -0.05) is 0 Å². The van der Waals surface area contributed by atoms with E-state index in [1.54, 1.807) is 0 Å². The van der Waals surface area contributed by atoms with Crippen molar-refractivity contribution in [3.63, 3.8) is 0 Å². The predicted octanol–water partition coefficient (Wildman–Crippen LogP) is 4.55. The Hall–Kier alpha value is 0.213. The Morgan fingerprint density at radius 1 is 0.800 bits per heavy atom. The molecule has 0 unspecified atom stereocenters. The molecule has 0 N–H and O–H groups in total. The topological polar surface area (TPSA) is 27.7 Å². The summed E-state index contributed by atoms with van der Waals surface area (Å²) in [5.41, 5.74) is 0. The van der Waals surface area contributed by atoms with Gasteiger partial charge in [-0.05, 0) is 0 Å². The average Bonchev–Trinajstić information content (AvgIpc) is 2.38. The SMILES string of the molecule is CCC[O][Ge]([CH2]CCC(F)(F)F)([O]CCC)[O]CCC. The van der Waals surface area contributed by atoms with Gasteiger partial charge in [0.2, 0.25) is 0 Å². The van der Waals surface area contributed by atoms with Crippen LogP contribution in [0.3, 0.4) is 0 Å². The van der Waals surface area contributed by atoms with Crippen molar-refractivity contribution in [2.75, 3.05) is 19.8 Å². The first-order valence-corrected chi connectivity index (χ1v) is 11.4. The maximum absolute atomic E-state index is 12.3. The number of hydrogen-bond acceptors (Lipinski definition) is 3. The van der Waals surface area contributed by atoms with Gasteiger partial charge in [0.1, 0.15) is 0 Å². The third-order valence-electron chi connectivity index (χ3n) is 2.52. The molecule has 7 heteroatoms. The number of rotatable bonds is 12. The summed E-state index contributed by atoms with van der Waals surface area (Å²) >= 11 is -3.53. The Balaban J connectivity index is 4.57. The molecule has 122 valence electrons. The molecule has 0 atom stereocenters. The van der Waals surface area contributed by atoms with Gasteiger partial charge in [-0.3, -0.25) is 0 Å². The van der Waals surface area contributed by atoms with Crippen LogP contribution in [0.15, 0.2) is 0 Å². The van der Waals surface area contributed by atoms with Gasteiger partial charge >= 0.3 is 123 Å². The molecule has 0 radical (unpaired) electrons. The van der Waals surface area contributed by atoms with Crippen molar-refractivity contribution >= 4 is 14.3 Å². The van der Waals surface area contributed by atoms with E-state index in [0.29, 0.717) is 19.8 Å². The van der Waals surface area contributed by atoms with E-state index in [4.69, 9.17) is 11.3 Å². The van der Waals surface area contributed by atoms with Gasteiger partial charge in [-0.15, -0.1) is 0 Å². The molecule has 0 aromatic rings. The molecule has 0 aliphatic heterocycles. The van der Waals surface area contributed by atoms with Crippen LogP contribution in [0.1, 0.15) is 52.9 Å². The second kappa shape index (κ2) is 10.9. The van der Waals surface area contributed by atoms with Crippen LogP contribution in [0.4, 0.5) is 13.2 Å². The van der Waals surface area contributed by atoms with Crippen LogP contribution in [-0.4, -0.2) is 40.3 Å². The summed E-state index contributed by atoms with van der Waals surface area (Å²) < 4.78 is 54.2. The summed E-state index contributed by atoms with van der Waals surface area (Å²) in [4.78, 5) is 0. The molecule has 0 heterocycles. The molecule has 0 amide bonds. The fourth-order valence-electron chi connectivity index (χ4n) is 1.62. The average molecular weight is 361 g/mol. The molecule has 0 aromatic carbocycles. The maximum atomic E-state index is 12.3. The van der Waals surface area contributed by atoms with Crippen LogP contribution in [0, 0.1) is 0 Å². The van der Waals surface area contributed by atoms with Gasteiger partial charge in [0.25, 0.3) is 0 Å².